The van der Waals surface area contributed by atoms with Crippen molar-refractivity contribution in [2.24, 2.45) is 0 Å². The van der Waals surface area contributed by atoms with Gasteiger partial charge in [0.25, 0.3) is 0 Å². The molecule has 1 aromatic carbocycles. The summed E-state index contributed by atoms with van der Waals surface area (Å²) in [4.78, 5) is 13.5. The molecule has 0 aliphatic heterocycles. The predicted octanol–water partition coefficient (Wildman–Crippen LogP) is 1.96. The van der Waals surface area contributed by atoms with Crippen molar-refractivity contribution in [3.05, 3.63) is 35.6 Å². The zero-order chi connectivity index (χ0) is 12.3. The summed E-state index contributed by atoms with van der Waals surface area (Å²) in [5.41, 5.74) is 0.559. The lowest BCUT2D eigenvalue weighted by Gasteiger charge is -2.22. The molecule has 0 heterocycles. The number of methoxy groups -OCH3 is 1. The number of carbonyl (C=O) groups excluding carboxylic acids is 1. The van der Waals surface area contributed by atoms with Crippen molar-refractivity contribution in [3.8, 4) is 0 Å². The third-order valence-corrected chi connectivity index (χ3v) is 2.87. The van der Waals surface area contributed by atoms with Crippen LogP contribution in [-0.4, -0.2) is 30.6 Å². The van der Waals surface area contributed by atoms with Crippen molar-refractivity contribution in [3.63, 3.8) is 0 Å². The summed E-state index contributed by atoms with van der Waals surface area (Å²) in [6, 6.07) is 6.82. The Labute approximate surface area is 100 Å². The maximum Gasteiger partial charge on any atom is 0.249 e. The van der Waals surface area contributed by atoms with Crippen LogP contribution in [0.4, 0.5) is 4.39 Å². The number of hydrogen-bond acceptors (Lipinski definition) is 2. The quantitative estimate of drug-likeness (QED) is 0.783. The number of amides is 1. The van der Waals surface area contributed by atoms with Crippen molar-refractivity contribution in [2.75, 3.05) is 13.7 Å². The van der Waals surface area contributed by atoms with Gasteiger partial charge in [-0.3, -0.25) is 4.79 Å². The van der Waals surface area contributed by atoms with E-state index in [1.807, 2.05) is 0 Å². The second kappa shape index (κ2) is 5.27. The molecule has 0 N–H and O–H groups in total. The Morgan fingerprint density at radius 1 is 1.47 bits per heavy atom. The minimum absolute atomic E-state index is 0.0605. The summed E-state index contributed by atoms with van der Waals surface area (Å²) in [6.07, 6.45) is 2.01. The van der Waals surface area contributed by atoms with Crippen LogP contribution >= 0.6 is 0 Å². The highest BCUT2D eigenvalue weighted by Gasteiger charge is 2.32. The second-order valence-electron chi connectivity index (χ2n) is 4.28. The Morgan fingerprint density at radius 3 is 2.76 bits per heavy atom. The normalized spacial score (nSPS) is 14.7. The molecule has 0 radical (unpaired) electrons. The molecule has 17 heavy (non-hydrogen) atoms. The smallest absolute Gasteiger partial charge is 0.249 e. The molecule has 0 atom stereocenters. The van der Waals surface area contributed by atoms with E-state index in [0.29, 0.717) is 12.1 Å². The molecule has 2 rings (SSSR count). The Morgan fingerprint density at radius 2 is 2.18 bits per heavy atom. The van der Waals surface area contributed by atoms with E-state index in [0.717, 1.165) is 12.8 Å². The molecule has 1 aliphatic rings. The Balaban J connectivity index is 2.08. The van der Waals surface area contributed by atoms with Gasteiger partial charge in [-0.2, -0.15) is 0 Å². The highest BCUT2D eigenvalue weighted by Crippen LogP contribution is 2.28. The van der Waals surface area contributed by atoms with Crippen LogP contribution in [0.2, 0.25) is 0 Å². The Bertz CT molecular complexity index is 404. The van der Waals surface area contributed by atoms with E-state index in [9.17, 15) is 9.18 Å². The van der Waals surface area contributed by atoms with Gasteiger partial charge < -0.3 is 9.64 Å². The highest BCUT2D eigenvalue weighted by atomic mass is 19.1. The van der Waals surface area contributed by atoms with Crippen molar-refractivity contribution >= 4 is 5.91 Å². The van der Waals surface area contributed by atoms with Gasteiger partial charge >= 0.3 is 0 Å². The van der Waals surface area contributed by atoms with Gasteiger partial charge in [-0.05, 0) is 18.9 Å². The van der Waals surface area contributed by atoms with Crippen LogP contribution in [0.1, 0.15) is 18.4 Å². The van der Waals surface area contributed by atoms with Crippen LogP contribution < -0.4 is 0 Å². The van der Waals surface area contributed by atoms with Crippen molar-refractivity contribution < 1.29 is 13.9 Å². The largest absolute Gasteiger partial charge is 0.375 e. The first kappa shape index (κ1) is 12.0. The van der Waals surface area contributed by atoms with Crippen LogP contribution in [0.5, 0.6) is 0 Å². The van der Waals surface area contributed by atoms with E-state index >= 15 is 0 Å². The molecular formula is C13H16FNO2. The zero-order valence-corrected chi connectivity index (χ0v) is 9.86. The van der Waals surface area contributed by atoms with Crippen molar-refractivity contribution in [1.82, 2.24) is 4.90 Å². The third-order valence-electron chi connectivity index (χ3n) is 2.87. The van der Waals surface area contributed by atoms with Gasteiger partial charge in [0.05, 0.1) is 0 Å². The second-order valence-corrected chi connectivity index (χ2v) is 4.28. The first-order valence-corrected chi connectivity index (χ1v) is 5.74. The van der Waals surface area contributed by atoms with Crippen LogP contribution in [-0.2, 0) is 16.1 Å². The van der Waals surface area contributed by atoms with Crippen molar-refractivity contribution in [2.45, 2.75) is 25.4 Å². The molecule has 0 unspecified atom stereocenters. The molecule has 1 fully saturated rings. The zero-order valence-electron chi connectivity index (χ0n) is 9.86. The fourth-order valence-electron chi connectivity index (χ4n) is 1.82. The SMILES string of the molecule is COCC(=O)N(Cc1ccccc1F)C1CC1. The maximum atomic E-state index is 13.5. The summed E-state index contributed by atoms with van der Waals surface area (Å²) >= 11 is 0. The molecule has 0 bridgehead atoms. The molecule has 0 saturated heterocycles. The Kier molecular flexibility index (Phi) is 3.74. The van der Waals surface area contributed by atoms with E-state index in [1.54, 1.807) is 23.1 Å². The Hall–Kier alpha value is -1.42. The van der Waals surface area contributed by atoms with Crippen LogP contribution in [0.3, 0.4) is 0 Å². The molecule has 92 valence electrons. The molecule has 3 nitrogen and oxygen atoms in total. The average Bonchev–Trinajstić information content (AvgIpc) is 3.12. The van der Waals surface area contributed by atoms with E-state index < -0.39 is 0 Å². The molecule has 0 aromatic heterocycles. The number of ether oxygens (including phenoxy) is 1. The monoisotopic (exact) mass is 237 g/mol. The minimum Gasteiger partial charge on any atom is -0.375 e. The van der Waals surface area contributed by atoms with Crippen LogP contribution in [0.25, 0.3) is 0 Å². The van der Waals surface area contributed by atoms with Gasteiger partial charge in [-0.15, -0.1) is 0 Å². The van der Waals surface area contributed by atoms with E-state index in [4.69, 9.17) is 4.74 Å². The highest BCUT2D eigenvalue weighted by molar-refractivity contribution is 5.78. The van der Waals surface area contributed by atoms with Gasteiger partial charge in [0.15, 0.2) is 0 Å². The summed E-state index contributed by atoms with van der Waals surface area (Å²) in [6.45, 7) is 0.393. The molecule has 1 amide bonds. The van der Waals surface area contributed by atoms with Gasteiger partial charge in [0, 0.05) is 25.3 Å². The lowest BCUT2D eigenvalue weighted by Crippen LogP contribution is -2.35. The molecule has 1 aromatic rings. The van der Waals surface area contributed by atoms with Gasteiger partial charge in [0.2, 0.25) is 5.91 Å². The standard InChI is InChI=1S/C13H16FNO2/c1-17-9-13(16)15(11-6-7-11)8-10-4-2-3-5-12(10)14/h2-5,11H,6-9H2,1H3. The predicted molar refractivity (Wildman–Crippen MR) is 61.8 cm³/mol. The summed E-state index contributed by atoms with van der Waals surface area (Å²) in [5, 5.41) is 0. The van der Waals surface area contributed by atoms with Gasteiger partial charge in [-0.1, -0.05) is 18.2 Å². The van der Waals surface area contributed by atoms with Crippen LogP contribution in [0, 0.1) is 5.82 Å². The molecule has 4 heteroatoms. The minimum atomic E-state index is -0.261. The summed E-state index contributed by atoms with van der Waals surface area (Å²) in [5.74, 6) is -0.332. The maximum absolute atomic E-state index is 13.5. The lowest BCUT2D eigenvalue weighted by atomic mass is 10.2. The molecular weight excluding hydrogens is 221 g/mol. The number of benzene rings is 1. The van der Waals surface area contributed by atoms with E-state index in [-0.39, 0.29) is 24.4 Å². The average molecular weight is 237 g/mol. The number of nitrogens with zero attached hydrogens (tertiary/aromatic N) is 1. The summed E-state index contributed by atoms with van der Waals surface area (Å²) < 4.78 is 18.4. The van der Waals surface area contributed by atoms with Crippen LogP contribution in [0.15, 0.2) is 24.3 Å². The first-order chi connectivity index (χ1) is 8.22. The number of rotatable bonds is 5. The number of hydrogen-bond donors (Lipinski definition) is 0. The van der Waals surface area contributed by atoms with Crippen molar-refractivity contribution in [1.29, 1.82) is 0 Å². The van der Waals surface area contributed by atoms with Gasteiger partial charge in [0.1, 0.15) is 12.4 Å². The fraction of sp³-hybridized carbons (Fsp3) is 0.462. The topological polar surface area (TPSA) is 29.5 Å². The van der Waals surface area contributed by atoms with E-state index in [1.165, 1.54) is 13.2 Å². The molecule has 1 aliphatic carbocycles. The van der Waals surface area contributed by atoms with E-state index in [2.05, 4.69) is 0 Å². The molecule has 1 saturated carbocycles. The first-order valence-electron chi connectivity index (χ1n) is 5.74. The summed E-state index contributed by atoms with van der Waals surface area (Å²) in [7, 11) is 1.49. The third kappa shape index (κ3) is 3.03. The lowest BCUT2D eigenvalue weighted by molar-refractivity contribution is -0.136. The fourth-order valence-corrected chi connectivity index (χ4v) is 1.82. The van der Waals surface area contributed by atoms with Gasteiger partial charge in [-0.25, -0.2) is 4.39 Å². The number of carbonyl (C=O) groups is 1. The number of halogens is 1. The molecule has 0 spiro atoms.